The van der Waals surface area contributed by atoms with E-state index in [9.17, 15) is 14.4 Å². The first-order valence-corrected chi connectivity index (χ1v) is 9.51. The molecule has 0 spiro atoms. The van der Waals surface area contributed by atoms with Gasteiger partial charge in [-0.1, -0.05) is 0 Å². The highest BCUT2D eigenvalue weighted by Gasteiger charge is 2.27. The van der Waals surface area contributed by atoms with Crippen LogP contribution in [0.5, 0.6) is 0 Å². The van der Waals surface area contributed by atoms with Crippen LogP contribution < -0.4 is 21.7 Å². The minimum Gasteiger partial charge on any atom is -0.361 e. The lowest BCUT2D eigenvalue weighted by molar-refractivity contribution is -0.110. The van der Waals surface area contributed by atoms with Gasteiger partial charge in [-0.15, -0.1) is 0 Å². The molecule has 0 radical (unpaired) electrons. The summed E-state index contributed by atoms with van der Waals surface area (Å²) < 4.78 is 0. The van der Waals surface area contributed by atoms with Gasteiger partial charge >= 0.3 is 6.03 Å². The number of H-pyrrole nitrogens is 1. The van der Waals surface area contributed by atoms with E-state index < -0.39 is 6.03 Å². The number of allylic oxidation sites excluding steroid dienone is 1. The fourth-order valence-electron chi connectivity index (χ4n) is 3.44. The molecule has 1 aliphatic rings. The number of amides is 4. The number of pyridine rings is 1. The van der Waals surface area contributed by atoms with Crippen LogP contribution in [0.25, 0.3) is 11.1 Å². The molecule has 156 valence electrons. The second kappa shape index (κ2) is 8.15. The molecule has 4 amide bonds. The van der Waals surface area contributed by atoms with Crippen LogP contribution in [0.2, 0.25) is 0 Å². The minimum atomic E-state index is -0.678. The number of fused-ring (bicyclic) bond motifs is 1. The van der Waals surface area contributed by atoms with Gasteiger partial charge in [0.15, 0.2) is 0 Å². The fourth-order valence-corrected chi connectivity index (χ4v) is 3.44. The zero-order valence-corrected chi connectivity index (χ0v) is 16.7. The van der Waals surface area contributed by atoms with E-state index in [1.54, 1.807) is 48.9 Å². The summed E-state index contributed by atoms with van der Waals surface area (Å²) in [5, 5.41) is 8.20. The van der Waals surface area contributed by atoms with Gasteiger partial charge in [0.1, 0.15) is 0 Å². The quantitative estimate of drug-likeness (QED) is 0.408. The molecule has 6 N–H and O–H groups in total. The number of hydrogen-bond acceptors (Lipinski definition) is 4. The Kier molecular flexibility index (Phi) is 5.23. The monoisotopic (exact) mass is 416 g/mol. The number of benzene rings is 1. The van der Waals surface area contributed by atoms with E-state index >= 15 is 0 Å². The fraction of sp³-hybridized carbons (Fsp3) is 0.0909. The Hall–Kier alpha value is -4.40. The van der Waals surface area contributed by atoms with Gasteiger partial charge in [-0.3, -0.25) is 14.6 Å². The van der Waals surface area contributed by atoms with Crippen LogP contribution >= 0.6 is 0 Å². The van der Waals surface area contributed by atoms with E-state index in [-0.39, 0.29) is 11.8 Å². The van der Waals surface area contributed by atoms with Crippen molar-refractivity contribution in [2.75, 3.05) is 10.6 Å². The molecule has 31 heavy (non-hydrogen) atoms. The highest BCUT2D eigenvalue weighted by molar-refractivity contribution is 6.36. The van der Waals surface area contributed by atoms with E-state index in [0.29, 0.717) is 34.6 Å². The molecular formula is C22H20N6O3. The first-order valence-electron chi connectivity index (χ1n) is 9.51. The second-order valence-corrected chi connectivity index (χ2v) is 7.04. The molecule has 1 aliphatic heterocycles. The summed E-state index contributed by atoms with van der Waals surface area (Å²) >= 11 is 0. The summed E-state index contributed by atoms with van der Waals surface area (Å²) in [5.41, 5.74) is 10.4. The van der Waals surface area contributed by atoms with Gasteiger partial charge in [0, 0.05) is 53.3 Å². The van der Waals surface area contributed by atoms with Gasteiger partial charge in [-0.25, -0.2) is 4.79 Å². The third kappa shape index (κ3) is 4.15. The van der Waals surface area contributed by atoms with Crippen molar-refractivity contribution in [1.29, 1.82) is 0 Å². The second-order valence-electron chi connectivity index (χ2n) is 7.04. The molecule has 0 aliphatic carbocycles. The van der Waals surface area contributed by atoms with Crippen LogP contribution in [0, 0.1) is 0 Å². The van der Waals surface area contributed by atoms with Crippen molar-refractivity contribution in [2.24, 2.45) is 5.73 Å². The van der Waals surface area contributed by atoms with E-state index in [1.165, 1.54) is 0 Å². The molecular weight excluding hydrogens is 396 g/mol. The standard InChI is InChI=1S/C22H20N6O3/c1-12(19-16-9-15(27-22(23)31)2-3-17(16)28-21(19)30)18-8-13(10-25-18)11-26-20(29)14-4-6-24-7-5-14/h2-10,25H,11H2,1H3,(H,26,29)(H,28,30)(H3,23,27,31)/b19-12+. The van der Waals surface area contributed by atoms with E-state index in [2.05, 4.69) is 25.9 Å². The summed E-state index contributed by atoms with van der Waals surface area (Å²) in [6, 6.07) is 9.57. The number of carbonyl (C=O) groups is 3. The van der Waals surface area contributed by atoms with Gasteiger partial charge in [-0.2, -0.15) is 0 Å². The van der Waals surface area contributed by atoms with E-state index in [0.717, 1.165) is 16.8 Å². The van der Waals surface area contributed by atoms with Crippen molar-refractivity contribution in [3.63, 3.8) is 0 Å². The number of nitrogens with two attached hydrogens (primary N) is 1. The molecule has 0 unspecified atom stereocenters. The number of nitrogens with zero attached hydrogens (tertiary/aromatic N) is 1. The Morgan fingerprint density at radius 2 is 1.90 bits per heavy atom. The minimum absolute atomic E-state index is 0.196. The molecule has 4 rings (SSSR count). The van der Waals surface area contributed by atoms with E-state index in [1.807, 2.05) is 13.0 Å². The smallest absolute Gasteiger partial charge is 0.316 e. The summed E-state index contributed by atoms with van der Waals surface area (Å²) in [5.74, 6) is -0.426. The first kappa shape index (κ1) is 19.9. The largest absolute Gasteiger partial charge is 0.361 e. The molecule has 0 saturated carbocycles. The highest BCUT2D eigenvalue weighted by atomic mass is 16.2. The predicted octanol–water partition coefficient (Wildman–Crippen LogP) is 2.71. The lowest BCUT2D eigenvalue weighted by atomic mass is 9.99. The van der Waals surface area contributed by atoms with Crippen molar-refractivity contribution < 1.29 is 14.4 Å². The predicted molar refractivity (Wildman–Crippen MR) is 117 cm³/mol. The Morgan fingerprint density at radius 1 is 1.13 bits per heavy atom. The Labute approximate surface area is 177 Å². The summed E-state index contributed by atoms with van der Waals surface area (Å²) in [4.78, 5) is 43.0. The molecule has 0 bridgehead atoms. The summed E-state index contributed by atoms with van der Waals surface area (Å²) in [6.45, 7) is 2.17. The number of anilines is 2. The van der Waals surface area contributed by atoms with Crippen LogP contribution in [-0.4, -0.2) is 27.8 Å². The molecule has 1 aromatic carbocycles. The highest BCUT2D eigenvalue weighted by Crippen LogP contribution is 2.38. The van der Waals surface area contributed by atoms with Crippen LogP contribution in [0.1, 0.15) is 34.1 Å². The lowest BCUT2D eigenvalue weighted by Crippen LogP contribution is -2.22. The van der Waals surface area contributed by atoms with Gasteiger partial charge < -0.3 is 26.7 Å². The molecule has 0 fully saturated rings. The number of aromatic amines is 1. The first-order chi connectivity index (χ1) is 14.9. The SMILES string of the molecule is C/C(=C1\C(=O)Nc2ccc(NC(N)=O)cc21)c1cc(CNC(=O)c2ccncc2)c[nH]1. The third-order valence-corrected chi connectivity index (χ3v) is 4.95. The normalized spacial score (nSPS) is 13.9. The maximum atomic E-state index is 12.6. The summed E-state index contributed by atoms with van der Waals surface area (Å²) in [7, 11) is 0. The van der Waals surface area contributed by atoms with Gasteiger partial charge in [0.25, 0.3) is 11.8 Å². The Bertz CT molecular complexity index is 1210. The Morgan fingerprint density at radius 3 is 2.65 bits per heavy atom. The average Bonchev–Trinajstić information content (AvgIpc) is 3.35. The maximum Gasteiger partial charge on any atom is 0.316 e. The molecule has 0 saturated heterocycles. The average molecular weight is 416 g/mol. The number of rotatable bonds is 5. The number of aromatic nitrogens is 2. The number of urea groups is 1. The lowest BCUT2D eigenvalue weighted by Gasteiger charge is -2.07. The van der Waals surface area contributed by atoms with E-state index in [4.69, 9.17) is 5.73 Å². The van der Waals surface area contributed by atoms with Gasteiger partial charge in [0.2, 0.25) is 0 Å². The molecule has 2 aromatic heterocycles. The zero-order chi connectivity index (χ0) is 22.0. The topological polar surface area (TPSA) is 142 Å². The number of primary amides is 1. The van der Waals surface area contributed by atoms with Crippen LogP contribution in [0.15, 0.2) is 55.0 Å². The van der Waals surface area contributed by atoms with Gasteiger partial charge in [-0.05, 0) is 54.5 Å². The van der Waals surface area contributed by atoms with Crippen molar-refractivity contribution in [3.05, 3.63) is 77.4 Å². The molecule has 9 nitrogen and oxygen atoms in total. The van der Waals surface area contributed by atoms with Crippen LogP contribution in [0.4, 0.5) is 16.2 Å². The summed E-state index contributed by atoms with van der Waals surface area (Å²) in [6.07, 6.45) is 4.91. The molecule has 0 atom stereocenters. The third-order valence-electron chi connectivity index (χ3n) is 4.95. The maximum absolute atomic E-state index is 12.6. The van der Waals surface area contributed by atoms with Crippen LogP contribution in [-0.2, 0) is 11.3 Å². The van der Waals surface area contributed by atoms with Crippen LogP contribution in [0.3, 0.4) is 0 Å². The molecule has 9 heteroatoms. The number of nitrogens with one attached hydrogen (secondary N) is 4. The van der Waals surface area contributed by atoms with Crippen molar-refractivity contribution >= 4 is 40.4 Å². The van der Waals surface area contributed by atoms with Gasteiger partial charge in [0.05, 0.1) is 5.57 Å². The number of carbonyl (C=O) groups excluding carboxylic acids is 3. The van der Waals surface area contributed by atoms with Crippen molar-refractivity contribution in [2.45, 2.75) is 13.5 Å². The molecule has 3 aromatic rings. The number of hydrogen-bond donors (Lipinski definition) is 5. The zero-order valence-electron chi connectivity index (χ0n) is 16.7. The Balaban J connectivity index is 1.56. The molecule has 3 heterocycles. The van der Waals surface area contributed by atoms with Crippen molar-refractivity contribution in [1.82, 2.24) is 15.3 Å². The van der Waals surface area contributed by atoms with Crippen molar-refractivity contribution in [3.8, 4) is 0 Å².